The first-order valence-corrected chi connectivity index (χ1v) is 9.76. The maximum absolute atomic E-state index is 13.1. The highest BCUT2D eigenvalue weighted by Gasteiger charge is 2.28. The lowest BCUT2D eigenvalue weighted by Gasteiger charge is -2.32. The largest absolute Gasteiger partial charge is 0.496 e. The Kier molecular flexibility index (Phi) is 5.24. The SMILES string of the molecule is COc1cccc(OC)c1C(=O)N1CCC(Cc2c[nH]c3ccccc23)CC1. The van der Waals surface area contributed by atoms with Crippen LogP contribution in [0.1, 0.15) is 28.8 Å². The second-order valence-electron chi connectivity index (χ2n) is 7.34. The fraction of sp³-hybridized carbons (Fsp3) is 0.348. The highest BCUT2D eigenvalue weighted by Crippen LogP contribution is 2.32. The molecule has 1 aliphatic heterocycles. The average Bonchev–Trinajstić information content (AvgIpc) is 3.16. The number of amides is 1. The maximum atomic E-state index is 13.1. The second-order valence-corrected chi connectivity index (χ2v) is 7.34. The molecule has 1 amide bonds. The zero-order valence-electron chi connectivity index (χ0n) is 16.4. The zero-order chi connectivity index (χ0) is 19.5. The number of ether oxygens (including phenoxy) is 2. The number of carbonyl (C=O) groups excluding carboxylic acids is 1. The molecule has 1 saturated heterocycles. The van der Waals surface area contributed by atoms with Gasteiger partial charge >= 0.3 is 0 Å². The molecule has 0 radical (unpaired) electrons. The third kappa shape index (κ3) is 3.44. The number of benzene rings is 2. The zero-order valence-corrected chi connectivity index (χ0v) is 16.4. The Morgan fingerprint density at radius 1 is 1.04 bits per heavy atom. The van der Waals surface area contributed by atoms with Crippen molar-refractivity contribution in [1.82, 2.24) is 9.88 Å². The van der Waals surface area contributed by atoms with Gasteiger partial charge in [-0.25, -0.2) is 0 Å². The number of carbonyl (C=O) groups is 1. The van der Waals surface area contributed by atoms with Gasteiger partial charge in [0.05, 0.1) is 14.2 Å². The number of piperidine rings is 1. The van der Waals surface area contributed by atoms with Crippen molar-refractivity contribution in [2.24, 2.45) is 5.92 Å². The number of aromatic amines is 1. The van der Waals surface area contributed by atoms with Crippen LogP contribution in [-0.2, 0) is 6.42 Å². The Morgan fingerprint density at radius 2 is 1.71 bits per heavy atom. The van der Waals surface area contributed by atoms with E-state index in [0.29, 0.717) is 23.0 Å². The fourth-order valence-electron chi connectivity index (χ4n) is 4.17. The Balaban J connectivity index is 1.44. The first-order valence-electron chi connectivity index (χ1n) is 9.76. The molecular weight excluding hydrogens is 352 g/mol. The summed E-state index contributed by atoms with van der Waals surface area (Å²) in [5.41, 5.74) is 3.07. The van der Waals surface area contributed by atoms with Gasteiger partial charge in [0.2, 0.25) is 0 Å². The Labute approximate surface area is 165 Å². The number of hydrogen-bond donors (Lipinski definition) is 1. The molecule has 0 unspecified atom stereocenters. The van der Waals surface area contributed by atoms with E-state index in [1.807, 2.05) is 11.0 Å². The van der Waals surface area contributed by atoms with E-state index in [1.54, 1.807) is 26.4 Å². The molecule has 0 bridgehead atoms. The highest BCUT2D eigenvalue weighted by molar-refractivity contribution is 5.99. The molecule has 0 aliphatic carbocycles. The van der Waals surface area contributed by atoms with Crippen LogP contribution in [0.5, 0.6) is 11.5 Å². The number of para-hydroxylation sites is 1. The van der Waals surface area contributed by atoms with E-state index < -0.39 is 0 Å². The molecule has 146 valence electrons. The lowest BCUT2D eigenvalue weighted by molar-refractivity contribution is 0.0684. The van der Waals surface area contributed by atoms with Crippen molar-refractivity contribution in [3.63, 3.8) is 0 Å². The van der Waals surface area contributed by atoms with Gasteiger partial charge in [-0.3, -0.25) is 4.79 Å². The Hall–Kier alpha value is -2.95. The summed E-state index contributed by atoms with van der Waals surface area (Å²) in [5.74, 6) is 1.69. The summed E-state index contributed by atoms with van der Waals surface area (Å²) in [7, 11) is 3.16. The number of rotatable bonds is 5. The van der Waals surface area contributed by atoms with Crippen molar-refractivity contribution >= 4 is 16.8 Å². The monoisotopic (exact) mass is 378 g/mol. The van der Waals surface area contributed by atoms with E-state index in [4.69, 9.17) is 9.47 Å². The van der Waals surface area contributed by atoms with Crippen LogP contribution >= 0.6 is 0 Å². The van der Waals surface area contributed by atoms with Crippen molar-refractivity contribution in [3.05, 3.63) is 59.8 Å². The summed E-state index contributed by atoms with van der Waals surface area (Å²) in [6.07, 6.45) is 5.18. The summed E-state index contributed by atoms with van der Waals surface area (Å²) >= 11 is 0. The minimum Gasteiger partial charge on any atom is -0.496 e. The van der Waals surface area contributed by atoms with Gasteiger partial charge in [-0.1, -0.05) is 24.3 Å². The highest BCUT2D eigenvalue weighted by atomic mass is 16.5. The predicted molar refractivity (Wildman–Crippen MR) is 110 cm³/mol. The van der Waals surface area contributed by atoms with Crippen LogP contribution in [0.2, 0.25) is 0 Å². The van der Waals surface area contributed by atoms with E-state index in [9.17, 15) is 4.79 Å². The number of methoxy groups -OCH3 is 2. The van der Waals surface area contributed by atoms with Gasteiger partial charge in [0, 0.05) is 30.2 Å². The Bertz CT molecular complexity index is 949. The molecule has 1 aliphatic rings. The third-order valence-electron chi connectivity index (χ3n) is 5.73. The molecule has 2 aromatic carbocycles. The van der Waals surface area contributed by atoms with Gasteiger partial charge in [-0.05, 0) is 48.9 Å². The number of likely N-dealkylation sites (tertiary alicyclic amines) is 1. The van der Waals surface area contributed by atoms with Crippen LogP contribution in [0.25, 0.3) is 10.9 Å². The first-order chi connectivity index (χ1) is 13.7. The standard InChI is InChI=1S/C23H26N2O3/c1-27-20-8-5-9-21(28-2)22(20)23(26)25-12-10-16(11-13-25)14-17-15-24-19-7-4-3-6-18(17)19/h3-9,15-16,24H,10-14H2,1-2H3. The molecule has 1 fully saturated rings. The summed E-state index contributed by atoms with van der Waals surface area (Å²) in [6, 6.07) is 13.9. The van der Waals surface area contributed by atoms with Crippen LogP contribution in [0, 0.1) is 5.92 Å². The molecule has 2 heterocycles. The van der Waals surface area contributed by atoms with Crippen molar-refractivity contribution in [2.75, 3.05) is 27.3 Å². The van der Waals surface area contributed by atoms with Crippen molar-refractivity contribution in [2.45, 2.75) is 19.3 Å². The van der Waals surface area contributed by atoms with Crippen LogP contribution in [0.4, 0.5) is 0 Å². The quantitative estimate of drug-likeness (QED) is 0.721. The smallest absolute Gasteiger partial charge is 0.261 e. The number of nitrogens with zero attached hydrogens (tertiary/aromatic N) is 1. The lowest BCUT2D eigenvalue weighted by Crippen LogP contribution is -2.39. The average molecular weight is 378 g/mol. The molecule has 4 rings (SSSR count). The van der Waals surface area contributed by atoms with Crippen LogP contribution < -0.4 is 9.47 Å². The summed E-state index contributed by atoms with van der Waals surface area (Å²) in [6.45, 7) is 1.51. The number of fused-ring (bicyclic) bond motifs is 1. The number of H-pyrrole nitrogens is 1. The van der Waals surface area contributed by atoms with Gasteiger partial charge in [-0.15, -0.1) is 0 Å². The van der Waals surface area contributed by atoms with E-state index in [0.717, 1.165) is 32.4 Å². The molecule has 0 spiro atoms. The molecule has 3 aromatic rings. The maximum Gasteiger partial charge on any atom is 0.261 e. The van der Waals surface area contributed by atoms with Crippen molar-refractivity contribution < 1.29 is 14.3 Å². The minimum absolute atomic E-state index is 0.0140. The van der Waals surface area contributed by atoms with Crippen LogP contribution in [-0.4, -0.2) is 43.1 Å². The van der Waals surface area contributed by atoms with Crippen LogP contribution in [0.15, 0.2) is 48.7 Å². The van der Waals surface area contributed by atoms with Gasteiger partial charge in [0.15, 0.2) is 0 Å². The van der Waals surface area contributed by atoms with Crippen molar-refractivity contribution in [1.29, 1.82) is 0 Å². The van der Waals surface area contributed by atoms with Gasteiger partial charge in [0.1, 0.15) is 17.1 Å². The first kappa shape index (κ1) is 18.4. The second kappa shape index (κ2) is 7.97. The van der Waals surface area contributed by atoms with Crippen LogP contribution in [0.3, 0.4) is 0 Å². The molecule has 5 heteroatoms. The predicted octanol–water partition coefficient (Wildman–Crippen LogP) is 4.28. The van der Waals surface area contributed by atoms with Gasteiger partial charge < -0.3 is 19.4 Å². The molecular formula is C23H26N2O3. The van der Waals surface area contributed by atoms with Gasteiger partial charge in [-0.2, -0.15) is 0 Å². The minimum atomic E-state index is -0.0140. The van der Waals surface area contributed by atoms with Gasteiger partial charge in [0.25, 0.3) is 5.91 Å². The molecule has 0 saturated carbocycles. The summed E-state index contributed by atoms with van der Waals surface area (Å²) in [4.78, 5) is 18.4. The van der Waals surface area contributed by atoms with E-state index in [-0.39, 0.29) is 5.91 Å². The fourth-order valence-corrected chi connectivity index (χ4v) is 4.17. The molecule has 0 atom stereocenters. The van der Waals surface area contributed by atoms with E-state index in [2.05, 4.69) is 35.4 Å². The molecule has 5 nitrogen and oxygen atoms in total. The molecule has 1 N–H and O–H groups in total. The summed E-state index contributed by atoms with van der Waals surface area (Å²) in [5, 5.41) is 1.31. The number of aromatic nitrogens is 1. The normalized spacial score (nSPS) is 15.0. The number of hydrogen-bond acceptors (Lipinski definition) is 3. The van der Waals surface area contributed by atoms with Crippen molar-refractivity contribution in [3.8, 4) is 11.5 Å². The summed E-state index contributed by atoms with van der Waals surface area (Å²) < 4.78 is 10.8. The third-order valence-corrected chi connectivity index (χ3v) is 5.73. The Morgan fingerprint density at radius 3 is 2.39 bits per heavy atom. The van der Waals surface area contributed by atoms with E-state index in [1.165, 1.54) is 16.5 Å². The topological polar surface area (TPSA) is 54.6 Å². The molecule has 28 heavy (non-hydrogen) atoms. The molecule has 1 aromatic heterocycles. The number of nitrogens with one attached hydrogen (secondary N) is 1. The van der Waals surface area contributed by atoms with E-state index >= 15 is 0 Å². The lowest BCUT2D eigenvalue weighted by atomic mass is 9.89.